The van der Waals surface area contributed by atoms with E-state index in [1.54, 1.807) is 6.07 Å². The molecule has 34 heavy (non-hydrogen) atoms. The van der Waals surface area contributed by atoms with E-state index in [9.17, 15) is 9.90 Å². The summed E-state index contributed by atoms with van der Waals surface area (Å²) in [6, 6.07) is 23.2. The summed E-state index contributed by atoms with van der Waals surface area (Å²) >= 11 is 0. The number of amides is 1. The van der Waals surface area contributed by atoms with E-state index in [1.165, 1.54) is 0 Å². The Kier molecular flexibility index (Phi) is 5.10. The van der Waals surface area contributed by atoms with Gasteiger partial charge in [0.15, 0.2) is 0 Å². The van der Waals surface area contributed by atoms with Crippen LogP contribution in [0.1, 0.15) is 52.9 Å². The van der Waals surface area contributed by atoms with Crippen LogP contribution in [0.25, 0.3) is 0 Å². The zero-order valence-corrected chi connectivity index (χ0v) is 19.5. The maximum Gasteiger partial charge on any atom is 0.255 e. The van der Waals surface area contributed by atoms with Crippen molar-refractivity contribution in [2.45, 2.75) is 43.9 Å². The van der Waals surface area contributed by atoms with Gasteiger partial charge in [-0.3, -0.25) is 9.69 Å². The molecule has 6 rings (SSSR count). The number of hydrogen-bond acceptors (Lipinski definition) is 4. The zero-order chi connectivity index (χ0) is 23.3. The Bertz CT molecular complexity index is 1200. The SMILES string of the molecule is CCN1CC(Oc2ccc([C@@H]3c4ccc(O)cc4CC4(CC4)N3C(=O)c3ccccc3)cc2)C1. The average molecular weight is 455 g/mol. The van der Waals surface area contributed by atoms with Gasteiger partial charge in [0.05, 0.1) is 6.04 Å². The lowest BCUT2D eigenvalue weighted by atomic mass is 9.82. The minimum Gasteiger partial charge on any atom is -0.508 e. The number of phenolic OH excluding ortho intramolecular Hbond substituents is 1. The number of likely N-dealkylation sites (tertiary alicyclic amines) is 1. The third-order valence-corrected chi connectivity index (χ3v) is 7.65. The van der Waals surface area contributed by atoms with Crippen molar-refractivity contribution in [3.63, 3.8) is 0 Å². The van der Waals surface area contributed by atoms with Gasteiger partial charge in [0.25, 0.3) is 5.91 Å². The predicted octanol–water partition coefficient (Wildman–Crippen LogP) is 4.80. The number of phenols is 1. The number of rotatable bonds is 5. The molecular weight excluding hydrogens is 424 g/mol. The topological polar surface area (TPSA) is 53.0 Å². The molecule has 1 atom stereocenters. The highest BCUT2D eigenvalue weighted by atomic mass is 16.5. The van der Waals surface area contributed by atoms with E-state index < -0.39 is 0 Å². The van der Waals surface area contributed by atoms with Crippen LogP contribution < -0.4 is 4.74 Å². The molecular formula is C29H30N2O3. The van der Waals surface area contributed by atoms with Crippen LogP contribution in [-0.4, -0.2) is 52.1 Å². The van der Waals surface area contributed by atoms with E-state index in [-0.39, 0.29) is 29.3 Å². The number of benzene rings is 3. The van der Waals surface area contributed by atoms with Gasteiger partial charge in [-0.05, 0) is 78.9 Å². The number of nitrogens with zero attached hydrogens (tertiary/aromatic N) is 2. The van der Waals surface area contributed by atoms with E-state index in [1.807, 2.05) is 54.6 Å². The highest BCUT2D eigenvalue weighted by molar-refractivity contribution is 5.96. The Morgan fingerprint density at radius 3 is 2.44 bits per heavy atom. The Hall–Kier alpha value is -3.31. The van der Waals surface area contributed by atoms with Crippen molar-refractivity contribution in [1.82, 2.24) is 9.80 Å². The first-order chi connectivity index (χ1) is 16.6. The Morgan fingerprint density at radius 1 is 1.03 bits per heavy atom. The van der Waals surface area contributed by atoms with Crippen molar-refractivity contribution in [2.75, 3.05) is 19.6 Å². The second-order valence-corrected chi connectivity index (χ2v) is 9.89. The lowest BCUT2D eigenvalue weighted by Crippen LogP contribution is -2.53. The largest absolute Gasteiger partial charge is 0.508 e. The number of carbonyl (C=O) groups excluding carboxylic acids is 1. The molecule has 0 unspecified atom stereocenters. The molecule has 1 saturated carbocycles. The van der Waals surface area contributed by atoms with Gasteiger partial charge in [-0.15, -0.1) is 0 Å². The van der Waals surface area contributed by atoms with Gasteiger partial charge in [-0.25, -0.2) is 0 Å². The summed E-state index contributed by atoms with van der Waals surface area (Å²) in [4.78, 5) is 18.4. The molecule has 5 nitrogen and oxygen atoms in total. The minimum absolute atomic E-state index is 0.0660. The lowest BCUT2D eigenvalue weighted by Gasteiger charge is -2.44. The van der Waals surface area contributed by atoms with Crippen molar-refractivity contribution in [3.05, 3.63) is 95.1 Å². The van der Waals surface area contributed by atoms with Crippen molar-refractivity contribution >= 4 is 5.91 Å². The fourth-order valence-corrected chi connectivity index (χ4v) is 5.58. The first-order valence-electron chi connectivity index (χ1n) is 12.3. The van der Waals surface area contributed by atoms with Crippen LogP contribution in [0.5, 0.6) is 11.5 Å². The van der Waals surface area contributed by atoms with Gasteiger partial charge in [0.1, 0.15) is 17.6 Å². The van der Waals surface area contributed by atoms with Crippen LogP contribution in [0.4, 0.5) is 0 Å². The quantitative estimate of drug-likeness (QED) is 0.602. The molecule has 174 valence electrons. The van der Waals surface area contributed by atoms with E-state index in [4.69, 9.17) is 4.74 Å². The van der Waals surface area contributed by atoms with Crippen LogP contribution >= 0.6 is 0 Å². The molecule has 1 aliphatic carbocycles. The summed E-state index contributed by atoms with van der Waals surface area (Å²) < 4.78 is 6.15. The van der Waals surface area contributed by atoms with Crippen molar-refractivity contribution in [1.29, 1.82) is 0 Å². The summed E-state index contributed by atoms with van der Waals surface area (Å²) in [5.41, 5.74) is 3.81. The van der Waals surface area contributed by atoms with E-state index in [0.717, 1.165) is 61.3 Å². The third kappa shape index (κ3) is 3.64. The van der Waals surface area contributed by atoms with Crippen molar-refractivity contribution < 1.29 is 14.6 Å². The molecule has 2 fully saturated rings. The summed E-state index contributed by atoms with van der Waals surface area (Å²) in [7, 11) is 0. The fourth-order valence-electron chi connectivity index (χ4n) is 5.58. The monoisotopic (exact) mass is 454 g/mol. The molecule has 1 N–H and O–H groups in total. The molecule has 0 aromatic heterocycles. The highest BCUT2D eigenvalue weighted by Gasteiger charge is 2.56. The molecule has 1 amide bonds. The zero-order valence-electron chi connectivity index (χ0n) is 19.5. The van der Waals surface area contributed by atoms with Crippen LogP contribution in [0.2, 0.25) is 0 Å². The molecule has 3 aromatic rings. The van der Waals surface area contributed by atoms with E-state index in [0.29, 0.717) is 5.56 Å². The lowest BCUT2D eigenvalue weighted by molar-refractivity contribution is 0.0238. The molecule has 1 saturated heterocycles. The Labute approximate surface area is 200 Å². The molecule has 1 spiro atoms. The first kappa shape index (κ1) is 21.2. The maximum atomic E-state index is 13.9. The van der Waals surface area contributed by atoms with Gasteiger partial charge >= 0.3 is 0 Å². The van der Waals surface area contributed by atoms with Crippen molar-refractivity contribution in [3.8, 4) is 11.5 Å². The van der Waals surface area contributed by atoms with Crippen LogP contribution in [-0.2, 0) is 6.42 Å². The number of likely N-dealkylation sites (N-methyl/N-ethyl adjacent to an activating group) is 1. The van der Waals surface area contributed by atoms with Crippen molar-refractivity contribution in [2.24, 2.45) is 0 Å². The molecule has 3 aliphatic rings. The predicted molar refractivity (Wildman–Crippen MR) is 131 cm³/mol. The summed E-state index contributed by atoms with van der Waals surface area (Å²) in [5, 5.41) is 10.2. The van der Waals surface area contributed by atoms with Crippen LogP contribution in [0.3, 0.4) is 0 Å². The molecule has 0 radical (unpaired) electrons. The molecule has 2 aliphatic heterocycles. The number of carbonyl (C=O) groups is 1. The first-order valence-corrected chi connectivity index (χ1v) is 12.3. The normalized spacial score (nSPS) is 21.1. The second kappa shape index (κ2) is 8.17. The summed E-state index contributed by atoms with van der Waals surface area (Å²) in [6.45, 7) is 5.17. The number of hydrogen-bond donors (Lipinski definition) is 1. The Morgan fingerprint density at radius 2 is 1.76 bits per heavy atom. The van der Waals surface area contributed by atoms with Gasteiger partial charge in [-0.1, -0.05) is 43.3 Å². The number of ether oxygens (including phenoxy) is 1. The number of aromatic hydroxyl groups is 1. The second-order valence-electron chi connectivity index (χ2n) is 9.89. The van der Waals surface area contributed by atoms with Gasteiger partial charge < -0.3 is 14.7 Å². The summed E-state index contributed by atoms with van der Waals surface area (Å²) in [5.74, 6) is 1.21. The Balaban J connectivity index is 1.37. The van der Waals surface area contributed by atoms with E-state index >= 15 is 0 Å². The smallest absolute Gasteiger partial charge is 0.255 e. The fraction of sp³-hybridized carbons (Fsp3) is 0.345. The highest BCUT2D eigenvalue weighted by Crippen LogP contribution is 2.55. The standard InChI is InChI=1S/C29H30N2O3/c1-2-30-18-25(19-30)34-24-11-8-20(9-12-24)27-26-13-10-23(32)16-22(26)17-29(14-15-29)31(27)28(33)21-6-4-3-5-7-21/h3-13,16,25,27,32H,2,14-15,17-19H2,1H3/t27-/m1/s1. The molecule has 2 heterocycles. The maximum absolute atomic E-state index is 13.9. The molecule has 3 aromatic carbocycles. The number of fused-ring (bicyclic) bond motifs is 1. The molecule has 5 heteroatoms. The van der Waals surface area contributed by atoms with Gasteiger partial charge in [-0.2, -0.15) is 0 Å². The van der Waals surface area contributed by atoms with Gasteiger partial charge in [0, 0.05) is 24.2 Å². The third-order valence-electron chi connectivity index (χ3n) is 7.65. The van der Waals surface area contributed by atoms with E-state index in [2.05, 4.69) is 28.9 Å². The van der Waals surface area contributed by atoms with Gasteiger partial charge in [0.2, 0.25) is 0 Å². The van der Waals surface area contributed by atoms with Crippen LogP contribution in [0.15, 0.2) is 72.8 Å². The molecule has 0 bridgehead atoms. The minimum atomic E-state index is -0.201. The van der Waals surface area contributed by atoms with Crippen LogP contribution in [0, 0.1) is 0 Å². The summed E-state index contributed by atoms with van der Waals surface area (Å²) in [6.07, 6.45) is 2.99. The average Bonchev–Trinajstić information content (AvgIpc) is 3.60.